The summed E-state index contributed by atoms with van der Waals surface area (Å²) in [6.07, 6.45) is -3.58. The standard InChI is InChI=1S/C28H39F3N6O6Si/c1-40-18-22(43-23-17-34-37(20-42-13-14-44(2,3)4)27(39)26(23)28(29,30)31)19-41-12-7-25(38)36-10-8-35(9-11-36)24-6-5-21(15-32)16-33-24/h5-6,16-17,22H,7-14,18-20H2,1-4H3. The summed E-state index contributed by atoms with van der Waals surface area (Å²) < 4.78 is 63.9. The molecule has 1 saturated heterocycles. The number of aromatic nitrogens is 3. The molecule has 1 fully saturated rings. The van der Waals surface area contributed by atoms with Crippen molar-refractivity contribution in [1.29, 1.82) is 5.26 Å². The lowest BCUT2D eigenvalue weighted by atomic mass is 10.2. The van der Waals surface area contributed by atoms with Crippen LogP contribution in [0.4, 0.5) is 19.0 Å². The van der Waals surface area contributed by atoms with Crippen LogP contribution in [0.5, 0.6) is 5.75 Å². The number of rotatable bonds is 15. The van der Waals surface area contributed by atoms with E-state index in [4.69, 9.17) is 24.2 Å². The first kappa shape index (κ1) is 35.0. The maximum Gasteiger partial charge on any atom is 0.425 e. The number of methoxy groups -OCH3 is 1. The molecule has 3 rings (SSSR count). The van der Waals surface area contributed by atoms with Crippen LogP contribution >= 0.6 is 0 Å². The molecule has 2 aromatic heterocycles. The molecular weight excluding hydrogens is 601 g/mol. The number of amides is 1. The first-order valence-corrected chi connectivity index (χ1v) is 17.9. The molecule has 3 heterocycles. The van der Waals surface area contributed by atoms with Gasteiger partial charge in [-0.2, -0.15) is 23.5 Å². The Morgan fingerprint density at radius 1 is 1.09 bits per heavy atom. The zero-order chi connectivity index (χ0) is 32.3. The van der Waals surface area contributed by atoms with Gasteiger partial charge in [0.2, 0.25) is 5.91 Å². The maximum atomic E-state index is 13.9. The van der Waals surface area contributed by atoms with E-state index in [9.17, 15) is 22.8 Å². The zero-order valence-corrected chi connectivity index (χ0v) is 26.4. The van der Waals surface area contributed by atoms with Crippen molar-refractivity contribution in [2.75, 3.05) is 64.6 Å². The van der Waals surface area contributed by atoms with E-state index in [-0.39, 0.29) is 32.1 Å². The van der Waals surface area contributed by atoms with Gasteiger partial charge in [0.05, 0.1) is 38.0 Å². The van der Waals surface area contributed by atoms with Crippen LogP contribution in [-0.4, -0.2) is 99.5 Å². The van der Waals surface area contributed by atoms with Gasteiger partial charge in [0.25, 0.3) is 5.56 Å². The lowest BCUT2D eigenvalue weighted by molar-refractivity contribution is -0.142. The van der Waals surface area contributed by atoms with Gasteiger partial charge in [-0.25, -0.2) is 9.67 Å². The molecule has 12 nitrogen and oxygen atoms in total. The Labute approximate surface area is 255 Å². The number of anilines is 1. The minimum absolute atomic E-state index is 0.0144. The SMILES string of the molecule is COCC(COCCC(=O)N1CCN(c2ccc(C#N)cn2)CC1)Oc1cnn(COCC[Si](C)(C)C)c(=O)c1C(F)(F)F. The average molecular weight is 641 g/mol. The third-order valence-corrected chi connectivity index (χ3v) is 8.45. The molecule has 1 atom stereocenters. The average Bonchev–Trinajstić information content (AvgIpc) is 2.97. The van der Waals surface area contributed by atoms with Crippen LogP contribution in [0.25, 0.3) is 0 Å². The molecule has 0 radical (unpaired) electrons. The Balaban J connectivity index is 1.51. The third-order valence-electron chi connectivity index (χ3n) is 6.75. The predicted molar refractivity (Wildman–Crippen MR) is 157 cm³/mol. The van der Waals surface area contributed by atoms with Gasteiger partial charge in [-0.05, 0) is 18.2 Å². The number of carbonyl (C=O) groups excluding carboxylic acids is 1. The molecule has 0 N–H and O–H groups in total. The summed E-state index contributed by atoms with van der Waals surface area (Å²) in [6.45, 7) is 8.13. The van der Waals surface area contributed by atoms with E-state index in [0.717, 1.165) is 18.1 Å². The van der Waals surface area contributed by atoms with Gasteiger partial charge in [0.15, 0.2) is 11.3 Å². The number of nitriles is 1. The van der Waals surface area contributed by atoms with Gasteiger partial charge in [0, 0.05) is 54.2 Å². The minimum atomic E-state index is -5.00. The minimum Gasteiger partial charge on any atom is -0.483 e. The van der Waals surface area contributed by atoms with Crippen LogP contribution in [-0.2, 0) is 31.9 Å². The first-order valence-electron chi connectivity index (χ1n) is 14.2. The van der Waals surface area contributed by atoms with Crippen LogP contribution in [0.15, 0.2) is 29.3 Å². The highest BCUT2D eigenvalue weighted by Gasteiger charge is 2.40. The zero-order valence-electron chi connectivity index (χ0n) is 25.4. The van der Waals surface area contributed by atoms with Crippen LogP contribution < -0.4 is 15.2 Å². The van der Waals surface area contributed by atoms with Gasteiger partial charge in [-0.3, -0.25) is 9.59 Å². The lowest BCUT2D eigenvalue weighted by Crippen LogP contribution is -2.49. The highest BCUT2D eigenvalue weighted by atomic mass is 28.3. The van der Waals surface area contributed by atoms with E-state index in [0.29, 0.717) is 43.0 Å². The smallest absolute Gasteiger partial charge is 0.425 e. The fourth-order valence-electron chi connectivity index (χ4n) is 4.28. The Bertz CT molecular complexity index is 1320. The van der Waals surface area contributed by atoms with E-state index in [1.807, 2.05) is 11.0 Å². The molecule has 0 saturated carbocycles. The topological polar surface area (TPSA) is 132 Å². The fourth-order valence-corrected chi connectivity index (χ4v) is 5.04. The van der Waals surface area contributed by atoms with Gasteiger partial charge >= 0.3 is 6.18 Å². The quantitative estimate of drug-likeness (QED) is 0.211. The molecule has 44 heavy (non-hydrogen) atoms. The van der Waals surface area contributed by atoms with E-state index >= 15 is 0 Å². The molecule has 2 aromatic rings. The number of carbonyl (C=O) groups is 1. The summed E-state index contributed by atoms with van der Waals surface area (Å²) in [6, 6.07) is 6.28. The van der Waals surface area contributed by atoms with Crippen LogP contribution in [0, 0.1) is 11.3 Å². The molecule has 0 bridgehead atoms. The second-order valence-corrected chi connectivity index (χ2v) is 17.1. The van der Waals surface area contributed by atoms with Crippen molar-refractivity contribution in [3.05, 3.63) is 46.0 Å². The molecule has 0 spiro atoms. The molecular formula is C28H39F3N6O6Si. The number of hydrogen-bond acceptors (Lipinski definition) is 10. The van der Waals surface area contributed by atoms with Gasteiger partial charge in [-0.15, -0.1) is 0 Å². The Morgan fingerprint density at radius 3 is 2.41 bits per heavy atom. The number of alkyl halides is 3. The van der Waals surface area contributed by atoms with Crippen molar-refractivity contribution in [1.82, 2.24) is 19.7 Å². The Hall–Kier alpha value is -3.52. The largest absolute Gasteiger partial charge is 0.483 e. The molecule has 1 aliphatic rings. The summed E-state index contributed by atoms with van der Waals surface area (Å²) >= 11 is 0. The van der Waals surface area contributed by atoms with E-state index < -0.39 is 44.0 Å². The number of halogens is 3. The van der Waals surface area contributed by atoms with Crippen LogP contribution in [0.2, 0.25) is 25.7 Å². The maximum absolute atomic E-state index is 13.9. The molecule has 1 amide bonds. The number of hydrogen-bond donors (Lipinski definition) is 0. The normalized spacial score (nSPS) is 14.8. The lowest BCUT2D eigenvalue weighted by Gasteiger charge is -2.35. The second-order valence-electron chi connectivity index (χ2n) is 11.4. The van der Waals surface area contributed by atoms with E-state index in [1.165, 1.54) is 13.3 Å². The van der Waals surface area contributed by atoms with Crippen molar-refractivity contribution in [3.8, 4) is 11.8 Å². The summed E-state index contributed by atoms with van der Waals surface area (Å²) in [7, 11) is -0.0676. The Kier molecular flexibility index (Phi) is 12.7. The fraction of sp³-hybridized carbons (Fsp3) is 0.607. The number of nitrogens with zero attached hydrogens (tertiary/aromatic N) is 6. The van der Waals surface area contributed by atoms with Crippen molar-refractivity contribution >= 4 is 19.8 Å². The molecule has 1 aliphatic heterocycles. The number of pyridine rings is 1. The van der Waals surface area contributed by atoms with Crippen LogP contribution in [0.3, 0.4) is 0 Å². The summed E-state index contributed by atoms with van der Waals surface area (Å²) in [5.41, 5.74) is -2.40. The molecule has 0 aromatic carbocycles. The molecule has 242 valence electrons. The third kappa shape index (κ3) is 10.6. The first-order chi connectivity index (χ1) is 20.8. The molecule has 1 unspecified atom stereocenters. The van der Waals surface area contributed by atoms with Crippen molar-refractivity contribution in [2.45, 2.75) is 51.1 Å². The van der Waals surface area contributed by atoms with Gasteiger partial charge < -0.3 is 28.7 Å². The molecule has 16 heteroatoms. The highest BCUT2D eigenvalue weighted by Crippen LogP contribution is 2.33. The van der Waals surface area contributed by atoms with E-state index in [2.05, 4.69) is 29.7 Å². The predicted octanol–water partition coefficient (Wildman–Crippen LogP) is 2.99. The van der Waals surface area contributed by atoms with Gasteiger partial charge in [0.1, 0.15) is 24.7 Å². The number of ether oxygens (including phenoxy) is 4. The Morgan fingerprint density at radius 2 is 1.82 bits per heavy atom. The van der Waals surface area contributed by atoms with Crippen LogP contribution in [0.1, 0.15) is 17.5 Å². The van der Waals surface area contributed by atoms with E-state index in [1.54, 1.807) is 17.0 Å². The van der Waals surface area contributed by atoms with Crippen molar-refractivity contribution in [2.24, 2.45) is 0 Å². The monoisotopic (exact) mass is 640 g/mol. The van der Waals surface area contributed by atoms with Crippen molar-refractivity contribution < 1.29 is 36.9 Å². The number of piperazine rings is 1. The summed E-state index contributed by atoms with van der Waals surface area (Å²) in [5, 5.41) is 12.7. The van der Waals surface area contributed by atoms with Crippen molar-refractivity contribution in [3.63, 3.8) is 0 Å². The highest BCUT2D eigenvalue weighted by molar-refractivity contribution is 6.76. The molecule has 0 aliphatic carbocycles. The second kappa shape index (κ2) is 16.0. The summed E-state index contributed by atoms with van der Waals surface area (Å²) in [4.78, 5) is 33.4. The summed E-state index contributed by atoms with van der Waals surface area (Å²) in [5.74, 6) is -0.131. The van der Waals surface area contributed by atoms with Gasteiger partial charge in [-0.1, -0.05) is 19.6 Å².